The number of esters is 1. The lowest BCUT2D eigenvalue weighted by Crippen LogP contribution is -1.98. The molecule has 0 N–H and O–H groups in total. The Morgan fingerprint density at radius 2 is 0.844 bits per heavy atom. The fourth-order valence-electron chi connectivity index (χ4n) is 4.29. The molecule has 0 radical (unpaired) electrons. The minimum atomic E-state index is -0.0626. The molecule has 0 saturated heterocycles. The Morgan fingerprint density at radius 1 is 0.500 bits per heavy atom. The first kappa shape index (κ1) is 31.2. The molecule has 0 amide bonds. The summed E-state index contributed by atoms with van der Waals surface area (Å²) in [6.45, 7) is 4.55. The van der Waals surface area contributed by atoms with Crippen LogP contribution in [0.3, 0.4) is 0 Å². The van der Waals surface area contributed by atoms with Gasteiger partial charge in [0.1, 0.15) is 0 Å². The highest BCUT2D eigenvalue weighted by Crippen LogP contribution is 2.14. The van der Waals surface area contributed by atoms with Gasteiger partial charge in [-0.25, -0.2) is 0 Å². The third-order valence-electron chi connectivity index (χ3n) is 6.50. The zero-order valence-corrected chi connectivity index (χ0v) is 22.1. The Balaban J connectivity index is 3.22. The average Bonchev–Trinajstić information content (AvgIpc) is 2.80. The highest BCUT2D eigenvalue weighted by Gasteiger charge is 2.00. The molecule has 0 saturated carbocycles. The van der Waals surface area contributed by atoms with Gasteiger partial charge < -0.3 is 4.74 Å². The van der Waals surface area contributed by atoms with Crippen molar-refractivity contribution in [2.75, 3.05) is 0 Å². The predicted molar refractivity (Wildman–Crippen MR) is 142 cm³/mol. The van der Waals surface area contributed by atoms with Crippen LogP contribution in [0.1, 0.15) is 174 Å². The summed E-state index contributed by atoms with van der Waals surface area (Å²) in [5.74, 6) is -0.0626. The second kappa shape index (κ2) is 28.2. The van der Waals surface area contributed by atoms with Crippen LogP contribution in [-0.2, 0) is 9.53 Å². The monoisotopic (exact) mass is 450 g/mol. The molecule has 0 aromatic heterocycles. The van der Waals surface area contributed by atoms with Gasteiger partial charge in [-0.3, -0.25) is 4.79 Å². The van der Waals surface area contributed by atoms with Crippen molar-refractivity contribution < 1.29 is 9.53 Å². The van der Waals surface area contributed by atoms with Gasteiger partial charge in [0.2, 0.25) is 0 Å². The predicted octanol–water partition coefficient (Wildman–Crippen LogP) is 10.8. The van der Waals surface area contributed by atoms with Crippen molar-refractivity contribution in [2.45, 2.75) is 174 Å². The van der Waals surface area contributed by atoms with Crippen LogP contribution in [0.4, 0.5) is 0 Å². The second-order valence-corrected chi connectivity index (χ2v) is 9.82. The molecule has 0 fully saturated rings. The summed E-state index contributed by atoms with van der Waals surface area (Å²) >= 11 is 0. The van der Waals surface area contributed by atoms with Crippen molar-refractivity contribution in [2.24, 2.45) is 0 Å². The molecule has 32 heavy (non-hydrogen) atoms. The minimum absolute atomic E-state index is 0.0626. The van der Waals surface area contributed by atoms with Gasteiger partial charge >= 0.3 is 5.97 Å². The molecule has 0 spiro atoms. The van der Waals surface area contributed by atoms with Gasteiger partial charge in [-0.1, -0.05) is 149 Å². The fraction of sp³-hybridized carbons (Fsp3) is 0.900. The third-order valence-corrected chi connectivity index (χ3v) is 6.50. The number of unbranched alkanes of at least 4 members (excludes halogenated alkanes) is 22. The second-order valence-electron chi connectivity index (χ2n) is 9.82. The van der Waals surface area contributed by atoms with E-state index < -0.39 is 0 Å². The van der Waals surface area contributed by atoms with Crippen molar-refractivity contribution in [1.29, 1.82) is 0 Å². The van der Waals surface area contributed by atoms with Gasteiger partial charge in [-0.15, -0.1) is 0 Å². The quantitative estimate of drug-likeness (QED) is 0.0743. The zero-order valence-electron chi connectivity index (χ0n) is 22.1. The van der Waals surface area contributed by atoms with Crippen LogP contribution in [0.5, 0.6) is 0 Å². The number of carbonyl (C=O) groups excluding carboxylic acids is 1. The van der Waals surface area contributed by atoms with Gasteiger partial charge in [-0.05, 0) is 25.3 Å². The molecule has 0 aliphatic rings. The molecule has 2 nitrogen and oxygen atoms in total. The Kier molecular flexibility index (Phi) is 27.5. The fourth-order valence-corrected chi connectivity index (χ4v) is 4.29. The van der Waals surface area contributed by atoms with Crippen molar-refractivity contribution in [3.05, 3.63) is 12.3 Å². The van der Waals surface area contributed by atoms with E-state index in [0.29, 0.717) is 6.42 Å². The van der Waals surface area contributed by atoms with Gasteiger partial charge in [0, 0.05) is 6.42 Å². The van der Waals surface area contributed by atoms with E-state index in [2.05, 4.69) is 13.8 Å². The van der Waals surface area contributed by atoms with E-state index in [-0.39, 0.29) is 5.97 Å². The summed E-state index contributed by atoms with van der Waals surface area (Å²) in [4.78, 5) is 11.8. The van der Waals surface area contributed by atoms with E-state index in [1.165, 1.54) is 135 Å². The number of carbonyl (C=O) groups is 1. The molecule has 0 unspecified atom stereocenters. The Bertz CT molecular complexity index is 388. The number of allylic oxidation sites excluding steroid dienone is 1. The Hall–Kier alpha value is -0.790. The van der Waals surface area contributed by atoms with Crippen molar-refractivity contribution >= 4 is 5.97 Å². The summed E-state index contributed by atoms with van der Waals surface area (Å²) in [6.07, 6.45) is 36.2. The van der Waals surface area contributed by atoms with E-state index in [0.717, 1.165) is 19.3 Å². The van der Waals surface area contributed by atoms with Crippen LogP contribution >= 0.6 is 0 Å². The first-order chi connectivity index (χ1) is 15.8. The molecule has 0 bridgehead atoms. The summed E-state index contributed by atoms with van der Waals surface area (Å²) in [5, 5.41) is 0. The van der Waals surface area contributed by atoms with Crippen LogP contribution in [-0.4, -0.2) is 5.97 Å². The van der Waals surface area contributed by atoms with E-state index in [1.54, 1.807) is 6.26 Å². The SMILES string of the molecule is CCCCCCCCCCCCC=COC(=O)CCCCCCCCCCCCCCC. The number of hydrogen-bond donors (Lipinski definition) is 0. The molecule has 0 atom stereocenters. The maximum Gasteiger partial charge on any atom is 0.310 e. The number of rotatable bonds is 26. The molecule has 0 heterocycles. The molecule has 0 aliphatic carbocycles. The maximum atomic E-state index is 11.8. The first-order valence-corrected chi connectivity index (χ1v) is 14.7. The van der Waals surface area contributed by atoms with E-state index >= 15 is 0 Å². The van der Waals surface area contributed by atoms with Crippen LogP contribution in [0, 0.1) is 0 Å². The Morgan fingerprint density at radius 3 is 1.25 bits per heavy atom. The van der Waals surface area contributed by atoms with Crippen LogP contribution in [0.25, 0.3) is 0 Å². The lowest BCUT2D eigenvalue weighted by molar-refractivity contribution is -0.138. The van der Waals surface area contributed by atoms with Crippen molar-refractivity contribution in [1.82, 2.24) is 0 Å². The maximum absolute atomic E-state index is 11.8. The summed E-state index contributed by atoms with van der Waals surface area (Å²) < 4.78 is 5.22. The molecule has 0 aromatic rings. The highest BCUT2D eigenvalue weighted by atomic mass is 16.5. The van der Waals surface area contributed by atoms with E-state index in [1.807, 2.05) is 6.08 Å². The smallest absolute Gasteiger partial charge is 0.310 e. The normalized spacial score (nSPS) is 11.4. The average molecular weight is 451 g/mol. The van der Waals surface area contributed by atoms with Gasteiger partial charge in [0.05, 0.1) is 6.26 Å². The highest BCUT2D eigenvalue weighted by molar-refractivity contribution is 5.69. The van der Waals surface area contributed by atoms with Gasteiger partial charge in [0.25, 0.3) is 0 Å². The molecule has 0 aliphatic heterocycles. The summed E-state index contributed by atoms with van der Waals surface area (Å²) in [6, 6.07) is 0. The number of ether oxygens (including phenoxy) is 1. The molecule has 2 heteroatoms. The minimum Gasteiger partial charge on any atom is -0.435 e. The molecular weight excluding hydrogens is 392 g/mol. The summed E-state index contributed by atoms with van der Waals surface area (Å²) in [5.41, 5.74) is 0. The van der Waals surface area contributed by atoms with Crippen molar-refractivity contribution in [3.63, 3.8) is 0 Å². The topological polar surface area (TPSA) is 26.3 Å². The first-order valence-electron chi connectivity index (χ1n) is 14.7. The van der Waals surface area contributed by atoms with Crippen molar-refractivity contribution in [3.8, 4) is 0 Å². The van der Waals surface area contributed by atoms with Crippen LogP contribution in [0.15, 0.2) is 12.3 Å². The van der Waals surface area contributed by atoms with E-state index in [9.17, 15) is 4.79 Å². The molecule has 190 valence electrons. The Labute approximate surface area is 202 Å². The van der Waals surface area contributed by atoms with E-state index in [4.69, 9.17) is 4.74 Å². The zero-order chi connectivity index (χ0) is 23.4. The standard InChI is InChI=1S/C30H58O2/c1-3-5-7-9-11-13-15-17-18-20-22-24-26-28-30(31)32-29-27-25-23-21-19-16-14-12-10-8-6-4-2/h27,29H,3-26,28H2,1-2H3. The lowest BCUT2D eigenvalue weighted by atomic mass is 10.0. The largest absolute Gasteiger partial charge is 0.435 e. The third kappa shape index (κ3) is 27.2. The molecule has 0 aromatic carbocycles. The van der Waals surface area contributed by atoms with Gasteiger partial charge in [0.15, 0.2) is 0 Å². The van der Waals surface area contributed by atoms with Crippen LogP contribution in [0.2, 0.25) is 0 Å². The lowest BCUT2D eigenvalue weighted by Gasteiger charge is -2.03. The molecular formula is C30H58O2. The number of hydrogen-bond acceptors (Lipinski definition) is 2. The van der Waals surface area contributed by atoms with Gasteiger partial charge in [-0.2, -0.15) is 0 Å². The van der Waals surface area contributed by atoms with Crippen LogP contribution < -0.4 is 0 Å². The molecule has 0 rings (SSSR count). The summed E-state index contributed by atoms with van der Waals surface area (Å²) in [7, 11) is 0.